The maximum absolute atomic E-state index is 11.8. The van der Waals surface area contributed by atoms with Crippen molar-refractivity contribution in [3.63, 3.8) is 0 Å². The molecule has 0 heterocycles. The molecule has 1 fully saturated rings. The lowest BCUT2D eigenvalue weighted by molar-refractivity contribution is -0.125. The van der Waals surface area contributed by atoms with Gasteiger partial charge in [-0.25, -0.2) is 0 Å². The van der Waals surface area contributed by atoms with E-state index in [2.05, 4.69) is 5.32 Å². The number of carbonyl (C=O) groups excluding carboxylic acids is 1. The number of nitrogens with one attached hydrogen (secondary N) is 1. The number of aliphatic hydroxyl groups excluding tert-OH is 1. The van der Waals surface area contributed by atoms with Crippen LogP contribution in [0.3, 0.4) is 0 Å². The van der Waals surface area contributed by atoms with Crippen molar-refractivity contribution in [1.29, 1.82) is 0 Å². The van der Waals surface area contributed by atoms with E-state index in [1.165, 1.54) is 0 Å². The number of carbonyl (C=O) groups is 1. The molecule has 4 nitrogen and oxygen atoms in total. The van der Waals surface area contributed by atoms with E-state index < -0.39 is 0 Å². The van der Waals surface area contributed by atoms with Crippen LogP contribution in [-0.2, 0) is 4.79 Å². The van der Waals surface area contributed by atoms with Gasteiger partial charge in [-0.1, -0.05) is 13.8 Å². The zero-order valence-electron chi connectivity index (χ0n) is 10.3. The van der Waals surface area contributed by atoms with E-state index in [1.807, 2.05) is 13.8 Å². The van der Waals surface area contributed by atoms with Gasteiger partial charge >= 0.3 is 0 Å². The fourth-order valence-electron chi connectivity index (χ4n) is 2.12. The van der Waals surface area contributed by atoms with E-state index in [0.717, 1.165) is 19.3 Å². The fraction of sp³-hybridized carbons (Fsp3) is 0.917. The zero-order chi connectivity index (χ0) is 12.2. The van der Waals surface area contributed by atoms with Gasteiger partial charge in [0.2, 0.25) is 5.91 Å². The zero-order valence-corrected chi connectivity index (χ0v) is 10.3. The number of amides is 1. The monoisotopic (exact) mass is 228 g/mol. The molecular formula is C12H24N2O2. The molecule has 1 amide bonds. The highest BCUT2D eigenvalue weighted by molar-refractivity contribution is 5.79. The van der Waals surface area contributed by atoms with Crippen molar-refractivity contribution >= 4 is 5.91 Å². The third kappa shape index (κ3) is 4.10. The Balaban J connectivity index is 2.29. The van der Waals surface area contributed by atoms with E-state index >= 15 is 0 Å². The molecule has 2 unspecified atom stereocenters. The number of rotatable bonds is 5. The maximum Gasteiger partial charge on any atom is 0.223 e. The van der Waals surface area contributed by atoms with E-state index in [1.54, 1.807) is 0 Å². The van der Waals surface area contributed by atoms with Crippen LogP contribution in [0.5, 0.6) is 0 Å². The Labute approximate surface area is 97.6 Å². The molecule has 2 atom stereocenters. The summed E-state index contributed by atoms with van der Waals surface area (Å²) in [6, 6.07) is 0.196. The van der Waals surface area contributed by atoms with Crippen LogP contribution in [-0.4, -0.2) is 30.2 Å². The molecule has 0 aromatic heterocycles. The first kappa shape index (κ1) is 13.5. The molecule has 1 saturated carbocycles. The first-order chi connectivity index (χ1) is 7.44. The third-order valence-electron chi connectivity index (χ3n) is 3.37. The van der Waals surface area contributed by atoms with Gasteiger partial charge in [-0.05, 0) is 31.1 Å². The largest absolute Gasteiger partial charge is 0.396 e. The molecule has 0 bridgehead atoms. The molecule has 0 radical (unpaired) electrons. The molecule has 94 valence electrons. The predicted octanol–water partition coefficient (Wildman–Crippen LogP) is 0.639. The van der Waals surface area contributed by atoms with Crippen molar-refractivity contribution in [1.82, 2.24) is 5.32 Å². The molecule has 0 aliphatic heterocycles. The molecular weight excluding hydrogens is 204 g/mol. The minimum atomic E-state index is -0.0366. The SMILES string of the molecule is CC(C)(CCO)CNC(=O)C1CCC(N)C1. The van der Waals surface area contributed by atoms with E-state index in [9.17, 15) is 4.79 Å². The molecule has 1 rings (SSSR count). The van der Waals surface area contributed by atoms with Crippen molar-refractivity contribution in [2.45, 2.75) is 45.6 Å². The quantitative estimate of drug-likeness (QED) is 0.646. The molecule has 1 aliphatic rings. The van der Waals surface area contributed by atoms with Crippen LogP contribution in [0.15, 0.2) is 0 Å². The summed E-state index contributed by atoms with van der Waals surface area (Å²) in [5.74, 6) is 0.221. The molecule has 0 aromatic rings. The summed E-state index contributed by atoms with van der Waals surface area (Å²) in [4.78, 5) is 11.8. The van der Waals surface area contributed by atoms with Gasteiger partial charge < -0.3 is 16.2 Å². The smallest absolute Gasteiger partial charge is 0.223 e. The molecule has 0 spiro atoms. The Bertz CT molecular complexity index is 241. The van der Waals surface area contributed by atoms with Gasteiger partial charge in [-0.15, -0.1) is 0 Å². The fourth-order valence-corrected chi connectivity index (χ4v) is 2.12. The van der Waals surface area contributed by atoms with E-state index in [-0.39, 0.29) is 29.9 Å². The van der Waals surface area contributed by atoms with Crippen LogP contribution in [0.2, 0.25) is 0 Å². The van der Waals surface area contributed by atoms with E-state index in [4.69, 9.17) is 10.8 Å². The van der Waals surface area contributed by atoms with Crippen molar-refractivity contribution in [2.24, 2.45) is 17.1 Å². The minimum absolute atomic E-state index is 0.0366. The molecule has 0 aromatic carbocycles. The molecule has 4 heteroatoms. The number of hydrogen-bond acceptors (Lipinski definition) is 3. The van der Waals surface area contributed by atoms with Crippen LogP contribution in [0.25, 0.3) is 0 Å². The third-order valence-corrected chi connectivity index (χ3v) is 3.37. The summed E-state index contributed by atoms with van der Waals surface area (Å²) < 4.78 is 0. The second kappa shape index (κ2) is 5.64. The molecule has 4 N–H and O–H groups in total. The molecule has 16 heavy (non-hydrogen) atoms. The van der Waals surface area contributed by atoms with E-state index in [0.29, 0.717) is 13.0 Å². The summed E-state index contributed by atoms with van der Waals surface area (Å²) in [7, 11) is 0. The normalized spacial score (nSPS) is 25.8. The first-order valence-corrected chi connectivity index (χ1v) is 6.09. The van der Waals surface area contributed by atoms with Crippen LogP contribution in [0.4, 0.5) is 0 Å². The van der Waals surface area contributed by atoms with Gasteiger partial charge in [-0.2, -0.15) is 0 Å². The lowest BCUT2D eigenvalue weighted by atomic mass is 9.89. The van der Waals surface area contributed by atoms with Gasteiger partial charge in [0.1, 0.15) is 0 Å². The highest BCUT2D eigenvalue weighted by atomic mass is 16.3. The predicted molar refractivity (Wildman–Crippen MR) is 63.8 cm³/mol. The average molecular weight is 228 g/mol. The van der Waals surface area contributed by atoms with Crippen molar-refractivity contribution < 1.29 is 9.90 Å². The highest BCUT2D eigenvalue weighted by Crippen LogP contribution is 2.25. The summed E-state index contributed by atoms with van der Waals surface area (Å²) >= 11 is 0. The number of nitrogens with two attached hydrogens (primary N) is 1. The van der Waals surface area contributed by atoms with Gasteiger partial charge in [0.25, 0.3) is 0 Å². The maximum atomic E-state index is 11.8. The lowest BCUT2D eigenvalue weighted by Gasteiger charge is -2.24. The van der Waals surface area contributed by atoms with Crippen LogP contribution < -0.4 is 11.1 Å². The Morgan fingerprint density at radius 2 is 2.19 bits per heavy atom. The number of hydrogen-bond donors (Lipinski definition) is 3. The Kier molecular flexibility index (Phi) is 4.74. The van der Waals surface area contributed by atoms with Crippen molar-refractivity contribution in [3.8, 4) is 0 Å². The summed E-state index contributed by atoms with van der Waals surface area (Å²) in [6.07, 6.45) is 3.38. The second-order valence-corrected chi connectivity index (χ2v) is 5.63. The van der Waals surface area contributed by atoms with Crippen molar-refractivity contribution in [3.05, 3.63) is 0 Å². The lowest BCUT2D eigenvalue weighted by Crippen LogP contribution is -2.37. The summed E-state index contributed by atoms with van der Waals surface area (Å²) in [6.45, 7) is 4.88. The minimum Gasteiger partial charge on any atom is -0.396 e. The van der Waals surface area contributed by atoms with Gasteiger partial charge in [0.05, 0.1) is 0 Å². The summed E-state index contributed by atoms with van der Waals surface area (Å²) in [5, 5.41) is 11.8. The molecule has 1 aliphatic carbocycles. The van der Waals surface area contributed by atoms with Crippen LogP contribution in [0.1, 0.15) is 39.5 Å². The van der Waals surface area contributed by atoms with Crippen molar-refractivity contribution in [2.75, 3.05) is 13.2 Å². The summed E-state index contributed by atoms with van der Waals surface area (Å²) in [5.41, 5.74) is 5.74. The van der Waals surface area contributed by atoms with Crippen LogP contribution in [0, 0.1) is 11.3 Å². The average Bonchev–Trinajstić information content (AvgIpc) is 2.61. The van der Waals surface area contributed by atoms with Gasteiger partial charge in [0.15, 0.2) is 0 Å². The van der Waals surface area contributed by atoms with Gasteiger partial charge in [0, 0.05) is 25.1 Å². The Morgan fingerprint density at radius 1 is 1.50 bits per heavy atom. The van der Waals surface area contributed by atoms with Crippen LogP contribution >= 0.6 is 0 Å². The van der Waals surface area contributed by atoms with Gasteiger partial charge in [-0.3, -0.25) is 4.79 Å². The Morgan fingerprint density at radius 3 is 2.69 bits per heavy atom. The topological polar surface area (TPSA) is 75.3 Å². The standard InChI is InChI=1S/C12H24N2O2/c1-12(2,5-6-15)8-14-11(16)9-3-4-10(13)7-9/h9-10,15H,3-8,13H2,1-2H3,(H,14,16). The first-order valence-electron chi connectivity index (χ1n) is 6.09. The second-order valence-electron chi connectivity index (χ2n) is 5.63. The molecule has 0 saturated heterocycles. The highest BCUT2D eigenvalue weighted by Gasteiger charge is 2.28. The Hall–Kier alpha value is -0.610. The number of aliphatic hydroxyl groups is 1.